The second kappa shape index (κ2) is 7.54. The normalized spacial score (nSPS) is 14.8. The van der Waals surface area contributed by atoms with Crippen LogP contribution in [0.3, 0.4) is 0 Å². The van der Waals surface area contributed by atoms with Gasteiger partial charge in [0.15, 0.2) is 0 Å². The summed E-state index contributed by atoms with van der Waals surface area (Å²) in [6.45, 7) is 2.23. The fourth-order valence-corrected chi connectivity index (χ4v) is 3.72. The third-order valence-corrected chi connectivity index (χ3v) is 5.44. The van der Waals surface area contributed by atoms with Crippen LogP contribution in [0.1, 0.15) is 29.8 Å². The van der Waals surface area contributed by atoms with Crippen molar-refractivity contribution in [1.29, 1.82) is 0 Å². The van der Waals surface area contributed by atoms with Gasteiger partial charge in [0.1, 0.15) is 24.0 Å². The van der Waals surface area contributed by atoms with E-state index in [4.69, 9.17) is 10.5 Å². The molecule has 1 aromatic heterocycles. The number of aryl methyl sites for hydroxylation is 1. The molecule has 0 radical (unpaired) electrons. The highest BCUT2D eigenvalue weighted by Crippen LogP contribution is 2.38. The number of nitrogens with two attached hydrogens (primary N) is 1. The summed E-state index contributed by atoms with van der Waals surface area (Å²) < 4.78 is 22.0. The first-order valence-corrected chi connectivity index (χ1v) is 9.46. The van der Waals surface area contributed by atoms with Gasteiger partial charge in [-0.1, -0.05) is 24.3 Å². The van der Waals surface area contributed by atoms with Gasteiger partial charge in [-0.2, -0.15) is 0 Å². The number of halogens is 1. The van der Waals surface area contributed by atoms with Crippen molar-refractivity contribution in [3.63, 3.8) is 0 Å². The Kier molecular flexibility index (Phi) is 4.92. The summed E-state index contributed by atoms with van der Waals surface area (Å²) in [5, 5.41) is 0. The number of hydrogen-bond donors (Lipinski definition) is 1. The average molecular weight is 391 g/mol. The van der Waals surface area contributed by atoms with Crippen LogP contribution in [0.2, 0.25) is 0 Å². The number of imidazole rings is 1. The topological polar surface area (TPSA) is 70.1 Å². The molecule has 0 bridgehead atoms. The van der Waals surface area contributed by atoms with Crippen LogP contribution in [-0.4, -0.2) is 15.5 Å². The number of hydrogen-bond acceptors (Lipinski definition) is 3. The van der Waals surface area contributed by atoms with Crippen molar-refractivity contribution in [1.82, 2.24) is 9.55 Å². The van der Waals surface area contributed by atoms with Gasteiger partial charge in [0.2, 0.25) is 5.91 Å². The van der Waals surface area contributed by atoms with Crippen LogP contribution in [0.25, 0.3) is 5.69 Å². The number of amides is 1. The second-order valence-corrected chi connectivity index (χ2v) is 7.30. The van der Waals surface area contributed by atoms with Crippen molar-refractivity contribution < 1.29 is 13.9 Å². The van der Waals surface area contributed by atoms with E-state index in [1.54, 1.807) is 12.3 Å². The highest BCUT2D eigenvalue weighted by atomic mass is 19.1. The van der Waals surface area contributed by atoms with Crippen LogP contribution in [0.15, 0.2) is 67.0 Å². The van der Waals surface area contributed by atoms with Crippen molar-refractivity contribution in [3.8, 4) is 11.4 Å². The number of carbonyl (C=O) groups is 1. The third kappa shape index (κ3) is 3.66. The lowest BCUT2D eigenvalue weighted by molar-refractivity contribution is -0.123. The van der Waals surface area contributed by atoms with Crippen LogP contribution < -0.4 is 10.5 Å². The average Bonchev–Trinajstić information content (AvgIpc) is 3.36. The molecule has 0 saturated carbocycles. The standard InChI is InChI=1S/C23H22FN3O2/c1-16-26-10-11-27(16)20-6-4-17(5-7-20)15-29-21-13-18(12-19(24)14-21)23(22(25)28)8-2-3-9-23/h2-7,10-14H,8-9,15H2,1H3,(H2,25,28). The smallest absolute Gasteiger partial charge is 0.228 e. The zero-order valence-corrected chi connectivity index (χ0v) is 16.1. The molecule has 0 spiro atoms. The molecule has 2 N–H and O–H groups in total. The van der Waals surface area contributed by atoms with E-state index in [2.05, 4.69) is 4.98 Å². The van der Waals surface area contributed by atoms with Crippen molar-refractivity contribution in [2.45, 2.75) is 31.8 Å². The van der Waals surface area contributed by atoms with E-state index < -0.39 is 17.1 Å². The predicted molar refractivity (Wildman–Crippen MR) is 108 cm³/mol. The monoisotopic (exact) mass is 391 g/mol. The number of rotatable bonds is 6. The Bertz CT molecular complexity index is 1060. The summed E-state index contributed by atoms with van der Waals surface area (Å²) >= 11 is 0. The summed E-state index contributed by atoms with van der Waals surface area (Å²) in [5.74, 6) is 0.383. The van der Waals surface area contributed by atoms with Crippen LogP contribution in [-0.2, 0) is 16.8 Å². The van der Waals surface area contributed by atoms with E-state index in [-0.39, 0.29) is 6.61 Å². The van der Waals surface area contributed by atoms with Gasteiger partial charge in [-0.15, -0.1) is 0 Å². The third-order valence-electron chi connectivity index (χ3n) is 5.44. The van der Waals surface area contributed by atoms with Crippen molar-refractivity contribution in [2.24, 2.45) is 5.73 Å². The summed E-state index contributed by atoms with van der Waals surface area (Å²) in [4.78, 5) is 16.3. The van der Waals surface area contributed by atoms with Gasteiger partial charge in [0.25, 0.3) is 0 Å². The Labute approximate surface area is 168 Å². The molecule has 1 heterocycles. The SMILES string of the molecule is Cc1nccn1-c1ccc(COc2cc(F)cc(C3(C(N)=O)CC=CC3)c2)cc1. The summed E-state index contributed by atoms with van der Waals surface area (Å²) in [6.07, 6.45) is 8.41. The number of carbonyl (C=O) groups excluding carboxylic acids is 1. The lowest BCUT2D eigenvalue weighted by Crippen LogP contribution is -2.39. The minimum Gasteiger partial charge on any atom is -0.489 e. The molecule has 5 nitrogen and oxygen atoms in total. The van der Waals surface area contributed by atoms with Crippen molar-refractivity contribution in [3.05, 3.63) is 89.8 Å². The van der Waals surface area contributed by atoms with Gasteiger partial charge in [0, 0.05) is 24.1 Å². The fourth-order valence-electron chi connectivity index (χ4n) is 3.72. The molecule has 148 valence electrons. The molecule has 3 aromatic rings. The van der Waals surface area contributed by atoms with E-state index in [1.807, 2.05) is 54.1 Å². The first-order valence-electron chi connectivity index (χ1n) is 9.46. The van der Waals surface area contributed by atoms with Crippen molar-refractivity contribution >= 4 is 5.91 Å². The molecular formula is C23H22FN3O2. The first kappa shape index (κ1) is 18.9. The predicted octanol–water partition coefficient (Wildman–Crippen LogP) is 3.97. The molecule has 0 saturated heterocycles. The van der Waals surface area contributed by atoms with E-state index in [9.17, 15) is 9.18 Å². The Morgan fingerprint density at radius 2 is 1.93 bits per heavy atom. The van der Waals surface area contributed by atoms with Crippen LogP contribution in [0.5, 0.6) is 5.75 Å². The molecule has 1 amide bonds. The second-order valence-electron chi connectivity index (χ2n) is 7.30. The van der Waals surface area contributed by atoms with Crippen LogP contribution in [0, 0.1) is 12.7 Å². The van der Waals surface area contributed by atoms with Gasteiger partial charge in [-0.25, -0.2) is 9.37 Å². The Morgan fingerprint density at radius 3 is 2.55 bits per heavy atom. The summed E-state index contributed by atoms with van der Waals surface area (Å²) in [7, 11) is 0. The molecule has 0 fully saturated rings. The lowest BCUT2D eigenvalue weighted by atomic mass is 9.77. The largest absolute Gasteiger partial charge is 0.489 e. The molecule has 0 unspecified atom stereocenters. The summed E-state index contributed by atoms with van der Waals surface area (Å²) in [5.41, 5.74) is 7.26. The first-order chi connectivity index (χ1) is 14.0. The van der Waals surface area contributed by atoms with Gasteiger partial charge < -0.3 is 15.0 Å². The highest BCUT2D eigenvalue weighted by molar-refractivity contribution is 5.88. The maximum Gasteiger partial charge on any atom is 0.228 e. The van der Waals surface area contributed by atoms with Crippen LogP contribution in [0.4, 0.5) is 4.39 Å². The Morgan fingerprint density at radius 1 is 1.21 bits per heavy atom. The highest BCUT2D eigenvalue weighted by Gasteiger charge is 2.39. The zero-order valence-electron chi connectivity index (χ0n) is 16.1. The number of ether oxygens (including phenoxy) is 1. The quantitative estimate of drug-likeness (QED) is 0.647. The minimum absolute atomic E-state index is 0.286. The van der Waals surface area contributed by atoms with Gasteiger partial charge in [0.05, 0.1) is 5.41 Å². The van der Waals surface area contributed by atoms with E-state index >= 15 is 0 Å². The number of primary amides is 1. The van der Waals surface area contributed by atoms with Gasteiger partial charge in [-0.05, 0) is 55.2 Å². The Hall–Kier alpha value is -3.41. The molecule has 1 aliphatic carbocycles. The number of nitrogens with zero attached hydrogens (tertiary/aromatic N) is 2. The molecule has 29 heavy (non-hydrogen) atoms. The molecular weight excluding hydrogens is 369 g/mol. The van der Waals surface area contributed by atoms with E-state index in [0.29, 0.717) is 24.2 Å². The number of benzene rings is 2. The maximum atomic E-state index is 14.2. The van der Waals surface area contributed by atoms with Crippen LogP contribution >= 0.6 is 0 Å². The minimum atomic E-state index is -0.898. The van der Waals surface area contributed by atoms with Crippen molar-refractivity contribution in [2.75, 3.05) is 0 Å². The molecule has 0 atom stereocenters. The number of allylic oxidation sites excluding steroid dienone is 2. The number of aromatic nitrogens is 2. The Balaban J connectivity index is 1.51. The molecule has 4 rings (SSSR count). The molecule has 0 aliphatic heterocycles. The van der Waals surface area contributed by atoms with Gasteiger partial charge >= 0.3 is 0 Å². The fraction of sp³-hybridized carbons (Fsp3) is 0.217. The molecule has 6 heteroatoms. The van der Waals surface area contributed by atoms with E-state index in [1.165, 1.54) is 12.1 Å². The molecule has 2 aromatic carbocycles. The van der Waals surface area contributed by atoms with Gasteiger partial charge in [-0.3, -0.25) is 4.79 Å². The maximum absolute atomic E-state index is 14.2. The van der Waals surface area contributed by atoms with E-state index in [0.717, 1.165) is 17.1 Å². The zero-order chi connectivity index (χ0) is 20.4. The molecule has 1 aliphatic rings. The summed E-state index contributed by atoms with van der Waals surface area (Å²) in [6, 6.07) is 12.3. The lowest BCUT2D eigenvalue weighted by Gasteiger charge is -2.26.